The molecule has 6 nitrogen and oxygen atoms in total. The average Bonchev–Trinajstić information content (AvgIpc) is 3.21. The number of thiazole rings is 1. The summed E-state index contributed by atoms with van der Waals surface area (Å²) in [4.78, 5) is 14.6. The second-order valence-electron chi connectivity index (χ2n) is 6.80. The number of pyridine rings is 1. The summed E-state index contributed by atoms with van der Waals surface area (Å²) in [7, 11) is 1.66. The number of rotatable bonds is 6. The van der Waals surface area contributed by atoms with E-state index in [1.54, 1.807) is 7.05 Å². The van der Waals surface area contributed by atoms with E-state index in [2.05, 4.69) is 36.6 Å². The largest absolute Gasteiger partial charge is 0.434 e. The van der Waals surface area contributed by atoms with Crippen molar-refractivity contribution in [3.05, 3.63) is 40.0 Å². The van der Waals surface area contributed by atoms with Crippen molar-refractivity contribution in [3.8, 4) is 0 Å². The number of aromatic nitrogens is 2. The number of halogens is 4. The minimum Gasteiger partial charge on any atom is -0.357 e. The van der Waals surface area contributed by atoms with Crippen LogP contribution in [0.2, 0.25) is 0 Å². The fraction of sp³-hybridized carbons (Fsp3) is 0.526. The number of alkyl halides is 3. The lowest BCUT2D eigenvalue weighted by Crippen LogP contribution is -2.38. The molecule has 2 N–H and O–H groups in total. The summed E-state index contributed by atoms with van der Waals surface area (Å²) in [5, 5.41) is 7.83. The van der Waals surface area contributed by atoms with E-state index in [-0.39, 0.29) is 24.0 Å². The monoisotopic (exact) mass is 554 g/mol. The van der Waals surface area contributed by atoms with Crippen LogP contribution in [0, 0.1) is 0 Å². The van der Waals surface area contributed by atoms with Gasteiger partial charge in [-0.05, 0) is 37.0 Å². The molecule has 3 rings (SSSR count). The van der Waals surface area contributed by atoms with Gasteiger partial charge in [0.2, 0.25) is 0 Å². The molecule has 1 aliphatic rings. The van der Waals surface area contributed by atoms with Crippen LogP contribution in [0.5, 0.6) is 0 Å². The van der Waals surface area contributed by atoms with E-state index in [0.717, 1.165) is 41.2 Å². The van der Waals surface area contributed by atoms with Crippen LogP contribution < -0.4 is 15.5 Å². The Labute approximate surface area is 195 Å². The number of piperidine rings is 1. The van der Waals surface area contributed by atoms with Gasteiger partial charge < -0.3 is 15.5 Å². The second-order valence-corrected chi connectivity index (χ2v) is 7.74. The molecule has 1 fully saturated rings. The molecule has 0 spiro atoms. The summed E-state index contributed by atoms with van der Waals surface area (Å²) in [6.45, 7) is 3.11. The molecule has 0 saturated carbocycles. The van der Waals surface area contributed by atoms with Crippen LogP contribution in [-0.4, -0.2) is 42.6 Å². The van der Waals surface area contributed by atoms with E-state index in [4.69, 9.17) is 0 Å². The highest BCUT2D eigenvalue weighted by Crippen LogP contribution is 2.30. The predicted molar refractivity (Wildman–Crippen MR) is 125 cm³/mol. The van der Waals surface area contributed by atoms with Gasteiger partial charge in [-0.3, -0.25) is 4.99 Å². The Morgan fingerprint density at radius 3 is 2.67 bits per heavy atom. The third kappa shape index (κ3) is 7.25. The molecule has 166 valence electrons. The van der Waals surface area contributed by atoms with Crippen molar-refractivity contribution in [1.82, 2.24) is 20.6 Å². The van der Waals surface area contributed by atoms with E-state index in [1.165, 1.54) is 19.3 Å². The van der Waals surface area contributed by atoms with Crippen molar-refractivity contribution in [1.29, 1.82) is 0 Å². The van der Waals surface area contributed by atoms with Crippen molar-refractivity contribution in [2.24, 2.45) is 4.99 Å². The number of aliphatic imine (C=N–C) groups is 1. The molecule has 3 heterocycles. The number of guanidine groups is 1. The van der Waals surface area contributed by atoms with Gasteiger partial charge in [0.25, 0.3) is 0 Å². The van der Waals surface area contributed by atoms with Crippen LogP contribution in [-0.2, 0) is 19.1 Å². The van der Waals surface area contributed by atoms with Crippen molar-refractivity contribution in [2.45, 2.75) is 38.4 Å². The summed E-state index contributed by atoms with van der Waals surface area (Å²) in [5.41, 5.74) is 0.264. The Morgan fingerprint density at radius 1 is 1.23 bits per heavy atom. The SMILES string of the molecule is CN=C(NCCc1nc(C(F)(F)F)cs1)NCc1ccnc(N2CCCCC2)c1.I. The van der Waals surface area contributed by atoms with Crippen molar-refractivity contribution in [2.75, 3.05) is 31.6 Å². The van der Waals surface area contributed by atoms with Crippen molar-refractivity contribution >= 4 is 47.1 Å². The van der Waals surface area contributed by atoms with E-state index in [9.17, 15) is 13.2 Å². The fourth-order valence-electron chi connectivity index (χ4n) is 3.12. The van der Waals surface area contributed by atoms with Crippen molar-refractivity contribution in [3.63, 3.8) is 0 Å². The molecule has 2 aromatic heterocycles. The first kappa shape index (κ1) is 24.6. The number of hydrogen-bond donors (Lipinski definition) is 2. The lowest BCUT2D eigenvalue weighted by atomic mass is 10.1. The molecular weight excluding hydrogens is 528 g/mol. The summed E-state index contributed by atoms with van der Waals surface area (Å²) >= 11 is 1.02. The molecule has 2 aromatic rings. The summed E-state index contributed by atoms with van der Waals surface area (Å²) in [6, 6.07) is 4.04. The van der Waals surface area contributed by atoms with Gasteiger partial charge >= 0.3 is 6.18 Å². The number of hydrogen-bond acceptors (Lipinski definition) is 5. The van der Waals surface area contributed by atoms with Crippen LogP contribution in [0.15, 0.2) is 28.7 Å². The third-order valence-corrected chi connectivity index (χ3v) is 5.56. The van der Waals surface area contributed by atoms with Crippen LogP contribution in [0.4, 0.5) is 19.0 Å². The summed E-state index contributed by atoms with van der Waals surface area (Å²) in [5.74, 6) is 1.59. The maximum Gasteiger partial charge on any atom is 0.434 e. The fourth-order valence-corrected chi connectivity index (χ4v) is 3.92. The van der Waals surface area contributed by atoms with E-state index in [1.807, 2.05) is 12.3 Å². The smallest absolute Gasteiger partial charge is 0.357 e. The summed E-state index contributed by atoms with van der Waals surface area (Å²) < 4.78 is 37.8. The zero-order chi connectivity index (χ0) is 20.7. The zero-order valence-electron chi connectivity index (χ0n) is 16.7. The van der Waals surface area contributed by atoms with Gasteiger partial charge in [0, 0.05) is 51.2 Å². The van der Waals surface area contributed by atoms with Gasteiger partial charge in [-0.2, -0.15) is 13.2 Å². The first-order valence-electron chi connectivity index (χ1n) is 9.61. The second kappa shape index (κ2) is 11.7. The number of anilines is 1. The highest BCUT2D eigenvalue weighted by atomic mass is 127. The molecular formula is C19H26F3IN6S. The van der Waals surface area contributed by atoms with Gasteiger partial charge in [0.15, 0.2) is 11.7 Å². The molecule has 0 unspecified atom stereocenters. The van der Waals surface area contributed by atoms with Gasteiger partial charge in [-0.1, -0.05) is 0 Å². The van der Waals surface area contributed by atoms with Crippen molar-refractivity contribution < 1.29 is 13.2 Å². The highest BCUT2D eigenvalue weighted by Gasteiger charge is 2.33. The Balaban J connectivity index is 0.00000320. The normalized spacial score (nSPS) is 14.9. The van der Waals surface area contributed by atoms with E-state index in [0.29, 0.717) is 30.5 Å². The molecule has 30 heavy (non-hydrogen) atoms. The molecule has 1 saturated heterocycles. The molecule has 11 heteroatoms. The quantitative estimate of drug-likeness (QED) is 0.320. The molecule has 0 amide bonds. The van der Waals surface area contributed by atoms with Gasteiger partial charge in [0.1, 0.15) is 5.82 Å². The van der Waals surface area contributed by atoms with E-state index < -0.39 is 11.9 Å². The Kier molecular flexibility index (Phi) is 9.59. The first-order valence-corrected chi connectivity index (χ1v) is 10.5. The molecule has 0 aliphatic carbocycles. The Hall–Kier alpha value is -1.63. The summed E-state index contributed by atoms with van der Waals surface area (Å²) in [6.07, 6.45) is 1.50. The predicted octanol–water partition coefficient (Wildman–Crippen LogP) is 4.07. The minimum atomic E-state index is -4.39. The Bertz CT molecular complexity index is 821. The highest BCUT2D eigenvalue weighted by molar-refractivity contribution is 14.0. The lowest BCUT2D eigenvalue weighted by molar-refractivity contribution is -0.140. The van der Waals surface area contributed by atoms with E-state index >= 15 is 0 Å². The molecule has 1 aliphatic heterocycles. The van der Waals surface area contributed by atoms with Gasteiger partial charge in [-0.15, -0.1) is 35.3 Å². The van der Waals surface area contributed by atoms with Crippen LogP contribution in [0.3, 0.4) is 0 Å². The average molecular weight is 554 g/mol. The lowest BCUT2D eigenvalue weighted by Gasteiger charge is -2.28. The van der Waals surface area contributed by atoms with Gasteiger partial charge in [0.05, 0.1) is 5.01 Å². The molecule has 0 aromatic carbocycles. The topological polar surface area (TPSA) is 65.4 Å². The number of nitrogens with one attached hydrogen (secondary N) is 2. The van der Waals surface area contributed by atoms with Crippen LogP contribution >= 0.6 is 35.3 Å². The zero-order valence-corrected chi connectivity index (χ0v) is 19.9. The standard InChI is InChI=1S/C19H25F3N6S.HI/c1-23-18(25-8-6-17-27-15(13-29-17)19(20,21)22)26-12-14-5-7-24-16(11-14)28-9-3-2-4-10-28;/h5,7,11,13H,2-4,6,8-10,12H2,1H3,(H2,23,25,26);1H. The van der Waals surface area contributed by atoms with Crippen LogP contribution in [0.25, 0.3) is 0 Å². The van der Waals surface area contributed by atoms with Crippen LogP contribution in [0.1, 0.15) is 35.5 Å². The maximum atomic E-state index is 12.6. The molecule has 0 bridgehead atoms. The molecule has 0 radical (unpaired) electrons. The molecule has 0 atom stereocenters. The Morgan fingerprint density at radius 2 is 2.00 bits per heavy atom. The third-order valence-electron chi connectivity index (χ3n) is 4.65. The maximum absolute atomic E-state index is 12.6. The van der Waals surface area contributed by atoms with Gasteiger partial charge in [-0.25, -0.2) is 9.97 Å². The number of nitrogens with zero attached hydrogens (tertiary/aromatic N) is 4. The first-order chi connectivity index (χ1) is 14.0. The minimum absolute atomic E-state index is 0.